The second-order valence-electron chi connectivity index (χ2n) is 8.97. The van der Waals surface area contributed by atoms with Crippen molar-refractivity contribution in [2.75, 3.05) is 6.61 Å². The van der Waals surface area contributed by atoms with Crippen LogP contribution < -0.4 is 14.9 Å². The zero-order chi connectivity index (χ0) is 25.8. The van der Waals surface area contributed by atoms with Gasteiger partial charge in [-0.25, -0.2) is 10.2 Å². The molecule has 0 fully saturated rings. The van der Waals surface area contributed by atoms with Gasteiger partial charge in [0.05, 0.1) is 18.4 Å². The van der Waals surface area contributed by atoms with Crippen molar-refractivity contribution in [2.24, 2.45) is 5.10 Å². The Kier molecular flexibility index (Phi) is 14.7. The van der Waals surface area contributed by atoms with Crippen molar-refractivity contribution < 1.29 is 19.1 Å². The number of carbonyl (C=O) groups is 2. The Morgan fingerprint density at radius 2 is 1.44 bits per heavy atom. The van der Waals surface area contributed by atoms with Gasteiger partial charge in [0.25, 0.3) is 0 Å². The smallest absolute Gasteiger partial charge is 0.343 e. The van der Waals surface area contributed by atoms with Crippen LogP contribution in [0.4, 0.5) is 0 Å². The lowest BCUT2D eigenvalue weighted by molar-refractivity contribution is -0.121. The largest absolute Gasteiger partial charge is 0.490 e. The Bertz CT molecular complexity index is 928. The van der Waals surface area contributed by atoms with Crippen molar-refractivity contribution in [3.05, 3.63) is 59.7 Å². The van der Waals surface area contributed by atoms with E-state index in [1.54, 1.807) is 48.7 Å². The van der Waals surface area contributed by atoms with Crippen LogP contribution in [0.5, 0.6) is 11.5 Å². The first-order chi connectivity index (χ1) is 17.6. The summed E-state index contributed by atoms with van der Waals surface area (Å²) in [5.74, 6) is 0.245. The number of unbranched alkanes of at least 4 members (excludes halogenated alkanes) is 10. The number of ether oxygens (including phenoxy) is 2. The molecule has 0 saturated carbocycles. The Morgan fingerprint density at radius 1 is 0.806 bits per heavy atom. The monoisotopic (exact) mass is 494 g/mol. The molecule has 6 nitrogen and oxygen atoms in total. The van der Waals surface area contributed by atoms with Crippen LogP contribution in [0.25, 0.3) is 0 Å². The van der Waals surface area contributed by atoms with Gasteiger partial charge >= 0.3 is 5.97 Å². The molecule has 0 atom stereocenters. The normalized spacial score (nSPS) is 10.9. The lowest BCUT2D eigenvalue weighted by Gasteiger charge is -2.11. The molecule has 0 bridgehead atoms. The molecule has 1 N–H and O–H groups in total. The molecule has 2 rings (SSSR count). The van der Waals surface area contributed by atoms with Crippen molar-refractivity contribution in [3.63, 3.8) is 0 Å². The number of hydrogen-bond acceptors (Lipinski definition) is 5. The van der Waals surface area contributed by atoms with Crippen molar-refractivity contribution in [1.29, 1.82) is 0 Å². The minimum absolute atomic E-state index is 0.0828. The number of amides is 1. The summed E-state index contributed by atoms with van der Waals surface area (Å²) in [7, 11) is 0. The van der Waals surface area contributed by atoms with Gasteiger partial charge < -0.3 is 9.47 Å². The molecule has 0 aliphatic rings. The predicted molar refractivity (Wildman–Crippen MR) is 146 cm³/mol. The Morgan fingerprint density at radius 3 is 2.08 bits per heavy atom. The molecule has 0 radical (unpaired) electrons. The molecule has 0 aromatic heterocycles. The highest BCUT2D eigenvalue weighted by Crippen LogP contribution is 2.29. The SMILES string of the molecule is CCCCCCCCCCCCCC(=O)N/N=C\c1ccc(OC(=O)c2ccccc2)c(OCC)c1. The van der Waals surface area contributed by atoms with Crippen molar-refractivity contribution in [1.82, 2.24) is 5.43 Å². The van der Waals surface area contributed by atoms with Gasteiger partial charge in [0.1, 0.15) is 0 Å². The maximum Gasteiger partial charge on any atom is 0.343 e. The van der Waals surface area contributed by atoms with Crippen molar-refractivity contribution >= 4 is 18.1 Å². The van der Waals surface area contributed by atoms with Gasteiger partial charge in [-0.15, -0.1) is 0 Å². The van der Waals surface area contributed by atoms with E-state index in [0.29, 0.717) is 30.1 Å². The quantitative estimate of drug-likeness (QED) is 0.0767. The van der Waals surface area contributed by atoms with Gasteiger partial charge in [0, 0.05) is 6.42 Å². The third kappa shape index (κ3) is 12.0. The lowest BCUT2D eigenvalue weighted by Crippen LogP contribution is -2.16. The molecule has 2 aromatic carbocycles. The number of benzene rings is 2. The molecular formula is C30H42N2O4. The van der Waals surface area contributed by atoms with E-state index in [0.717, 1.165) is 18.4 Å². The van der Waals surface area contributed by atoms with Crippen LogP contribution in [0.15, 0.2) is 53.6 Å². The van der Waals surface area contributed by atoms with Gasteiger partial charge in [0.15, 0.2) is 11.5 Å². The van der Waals surface area contributed by atoms with Crippen molar-refractivity contribution in [3.8, 4) is 11.5 Å². The standard InChI is InChI=1S/C30H42N2O4/c1-3-5-6-7-8-9-10-11-12-13-17-20-29(33)32-31-24-25-21-22-27(28(23-25)35-4-2)36-30(34)26-18-15-14-16-19-26/h14-16,18-19,21-24H,3-13,17,20H2,1-2H3,(H,32,33)/b31-24-. The molecule has 0 aliphatic carbocycles. The van der Waals surface area contributed by atoms with E-state index in [9.17, 15) is 9.59 Å². The van der Waals surface area contributed by atoms with Gasteiger partial charge in [-0.3, -0.25) is 4.79 Å². The fourth-order valence-corrected chi connectivity index (χ4v) is 3.88. The highest BCUT2D eigenvalue weighted by atomic mass is 16.6. The fraction of sp³-hybridized carbons (Fsp3) is 0.500. The minimum atomic E-state index is -0.451. The van der Waals surface area contributed by atoms with Crippen LogP contribution in [-0.4, -0.2) is 24.7 Å². The average Bonchev–Trinajstić information content (AvgIpc) is 2.89. The molecule has 2 aromatic rings. The third-order valence-corrected chi connectivity index (χ3v) is 5.89. The highest BCUT2D eigenvalue weighted by Gasteiger charge is 2.13. The summed E-state index contributed by atoms with van der Waals surface area (Å²) < 4.78 is 11.1. The molecular weight excluding hydrogens is 452 g/mol. The molecule has 36 heavy (non-hydrogen) atoms. The van der Waals surface area contributed by atoms with E-state index >= 15 is 0 Å². The number of esters is 1. The zero-order valence-corrected chi connectivity index (χ0v) is 22.0. The lowest BCUT2D eigenvalue weighted by atomic mass is 10.1. The van der Waals surface area contributed by atoms with Gasteiger partial charge in [0.2, 0.25) is 5.91 Å². The zero-order valence-electron chi connectivity index (χ0n) is 22.0. The molecule has 0 spiro atoms. The summed E-state index contributed by atoms with van der Waals surface area (Å²) in [4.78, 5) is 24.4. The summed E-state index contributed by atoms with van der Waals surface area (Å²) in [6.45, 7) is 4.53. The van der Waals surface area contributed by atoms with E-state index < -0.39 is 5.97 Å². The summed E-state index contributed by atoms with van der Waals surface area (Å²) >= 11 is 0. The summed E-state index contributed by atoms with van der Waals surface area (Å²) in [6, 6.07) is 14.0. The molecule has 0 heterocycles. The van der Waals surface area contributed by atoms with E-state index in [-0.39, 0.29) is 5.91 Å². The number of hydrogen-bond donors (Lipinski definition) is 1. The van der Waals surface area contributed by atoms with Crippen LogP contribution in [-0.2, 0) is 4.79 Å². The number of hydrazone groups is 1. The van der Waals surface area contributed by atoms with Crippen molar-refractivity contribution in [2.45, 2.75) is 90.9 Å². The van der Waals surface area contributed by atoms with E-state index in [1.807, 2.05) is 13.0 Å². The number of rotatable bonds is 18. The maximum atomic E-state index is 12.4. The van der Waals surface area contributed by atoms with Gasteiger partial charge in [-0.1, -0.05) is 89.3 Å². The Hall–Kier alpha value is -3.15. The molecule has 0 saturated heterocycles. The molecule has 0 aliphatic heterocycles. The molecule has 0 unspecified atom stereocenters. The highest BCUT2D eigenvalue weighted by molar-refractivity contribution is 5.91. The second-order valence-corrected chi connectivity index (χ2v) is 8.97. The molecule has 1 amide bonds. The maximum absolute atomic E-state index is 12.4. The number of nitrogens with one attached hydrogen (secondary N) is 1. The van der Waals surface area contributed by atoms with Crippen LogP contribution >= 0.6 is 0 Å². The first kappa shape index (κ1) is 29.1. The summed E-state index contributed by atoms with van der Waals surface area (Å²) in [6.07, 6.45) is 15.8. The van der Waals surface area contributed by atoms with E-state index in [2.05, 4.69) is 17.5 Å². The Labute approximate surface area is 216 Å². The number of nitrogens with zero attached hydrogens (tertiary/aromatic N) is 1. The summed E-state index contributed by atoms with van der Waals surface area (Å²) in [5, 5.41) is 4.06. The third-order valence-electron chi connectivity index (χ3n) is 5.89. The minimum Gasteiger partial charge on any atom is -0.490 e. The average molecular weight is 495 g/mol. The fourth-order valence-electron chi connectivity index (χ4n) is 3.88. The van der Waals surface area contributed by atoms with Crippen LogP contribution in [0, 0.1) is 0 Å². The van der Waals surface area contributed by atoms with Crippen LogP contribution in [0.2, 0.25) is 0 Å². The van der Waals surface area contributed by atoms with Gasteiger partial charge in [-0.05, 0) is 49.2 Å². The summed E-state index contributed by atoms with van der Waals surface area (Å²) in [5.41, 5.74) is 3.78. The van der Waals surface area contributed by atoms with E-state index in [1.165, 1.54) is 57.8 Å². The van der Waals surface area contributed by atoms with Crippen LogP contribution in [0.3, 0.4) is 0 Å². The van der Waals surface area contributed by atoms with Crippen LogP contribution in [0.1, 0.15) is 107 Å². The first-order valence-corrected chi connectivity index (χ1v) is 13.5. The van der Waals surface area contributed by atoms with E-state index in [4.69, 9.17) is 9.47 Å². The molecule has 6 heteroatoms. The second kappa shape index (κ2) is 18.2. The first-order valence-electron chi connectivity index (χ1n) is 13.5. The molecule has 196 valence electrons. The number of carbonyl (C=O) groups excluding carboxylic acids is 2. The predicted octanol–water partition coefficient (Wildman–Crippen LogP) is 7.46. The Balaban J connectivity index is 1.68. The topological polar surface area (TPSA) is 77.0 Å². The van der Waals surface area contributed by atoms with Gasteiger partial charge in [-0.2, -0.15) is 5.10 Å².